The Morgan fingerprint density at radius 1 is 1.44 bits per heavy atom. The summed E-state index contributed by atoms with van der Waals surface area (Å²) in [6.45, 7) is 6.13. The van der Waals surface area contributed by atoms with Crippen LogP contribution in [0.2, 0.25) is 0 Å². The molecule has 0 fully saturated rings. The Bertz CT molecular complexity index is 340. The molecular weight excluding hydrogens is 260 g/mol. The summed E-state index contributed by atoms with van der Waals surface area (Å²) < 4.78 is 0. The molecular formula is C10H19ClN4O3. The minimum Gasteiger partial charge on any atom is -0.391 e. The zero-order valence-electron chi connectivity index (χ0n) is 10.7. The van der Waals surface area contributed by atoms with Gasteiger partial charge in [0.05, 0.1) is 17.4 Å². The first-order chi connectivity index (χ1) is 7.75. The summed E-state index contributed by atoms with van der Waals surface area (Å²) >= 11 is 0. The van der Waals surface area contributed by atoms with Crippen molar-refractivity contribution in [2.45, 2.75) is 44.6 Å². The van der Waals surface area contributed by atoms with Crippen LogP contribution in [0.4, 0.5) is 0 Å². The van der Waals surface area contributed by atoms with Gasteiger partial charge in [0.25, 0.3) is 0 Å². The summed E-state index contributed by atoms with van der Waals surface area (Å²) in [5, 5.41) is 23.8. The summed E-state index contributed by atoms with van der Waals surface area (Å²) in [4.78, 5) is 17.8. The lowest BCUT2D eigenvalue weighted by Crippen LogP contribution is -2.44. The Balaban J connectivity index is 0.00000289. The van der Waals surface area contributed by atoms with Gasteiger partial charge in [-0.05, 0) is 20.8 Å². The minimum absolute atomic E-state index is 0. The van der Waals surface area contributed by atoms with Gasteiger partial charge in [-0.1, -0.05) is 0 Å². The second-order valence-corrected chi connectivity index (χ2v) is 5.08. The Morgan fingerprint density at radius 3 is 2.33 bits per heavy atom. The fraction of sp³-hybridized carbons (Fsp3) is 0.800. The third kappa shape index (κ3) is 4.67. The Kier molecular flexibility index (Phi) is 5.85. The number of nitro groups is 1. The third-order valence-electron chi connectivity index (χ3n) is 2.30. The number of nitrogens with zero attached hydrogens (tertiary/aromatic N) is 3. The van der Waals surface area contributed by atoms with Crippen molar-refractivity contribution in [3.63, 3.8) is 0 Å². The summed E-state index contributed by atoms with van der Waals surface area (Å²) in [5.41, 5.74) is -0.148. The molecule has 18 heavy (non-hydrogen) atoms. The number of nitrogens with one attached hydrogen (secondary N) is 1. The average Bonchev–Trinajstić information content (AvgIpc) is 2.63. The molecule has 7 nitrogen and oxygen atoms in total. The van der Waals surface area contributed by atoms with Crippen molar-refractivity contribution in [3.05, 3.63) is 10.1 Å². The van der Waals surface area contributed by atoms with Crippen LogP contribution < -0.4 is 5.32 Å². The van der Waals surface area contributed by atoms with Gasteiger partial charge in [0.2, 0.25) is 0 Å². The van der Waals surface area contributed by atoms with E-state index in [4.69, 9.17) is 0 Å². The standard InChI is InChI=1S/C10H18N4O3.ClH/c1-9(2,3)13-7-8(15)6-10(14(16)17)11-4-5-12-10;/h4-5,8,13,15H,6-7H2,1-3H3;1H. The maximum Gasteiger partial charge on any atom is 0.414 e. The van der Waals surface area contributed by atoms with E-state index in [1.54, 1.807) is 0 Å². The van der Waals surface area contributed by atoms with Crippen molar-refractivity contribution < 1.29 is 10.0 Å². The molecule has 0 amide bonds. The summed E-state index contributed by atoms with van der Waals surface area (Å²) in [5.74, 6) is -1.74. The van der Waals surface area contributed by atoms with Gasteiger partial charge in [0.1, 0.15) is 0 Å². The van der Waals surface area contributed by atoms with E-state index in [9.17, 15) is 15.2 Å². The second-order valence-electron chi connectivity index (χ2n) is 5.08. The second kappa shape index (κ2) is 6.21. The number of aliphatic imine (C=N–C) groups is 2. The molecule has 0 bridgehead atoms. The van der Waals surface area contributed by atoms with E-state index < -0.39 is 16.8 Å². The largest absolute Gasteiger partial charge is 0.414 e. The van der Waals surface area contributed by atoms with Crippen LogP contribution >= 0.6 is 12.4 Å². The fourth-order valence-corrected chi connectivity index (χ4v) is 1.43. The van der Waals surface area contributed by atoms with Crippen molar-refractivity contribution >= 4 is 24.8 Å². The topological polar surface area (TPSA) is 100 Å². The summed E-state index contributed by atoms with van der Waals surface area (Å²) in [6.07, 6.45) is 1.57. The van der Waals surface area contributed by atoms with E-state index in [1.807, 2.05) is 20.8 Å². The molecule has 8 heteroatoms. The van der Waals surface area contributed by atoms with Crippen LogP contribution in [0.15, 0.2) is 9.98 Å². The van der Waals surface area contributed by atoms with Crippen LogP contribution in [0.1, 0.15) is 27.2 Å². The van der Waals surface area contributed by atoms with Gasteiger partial charge < -0.3 is 10.4 Å². The molecule has 1 aliphatic heterocycles. The lowest BCUT2D eigenvalue weighted by atomic mass is 10.1. The van der Waals surface area contributed by atoms with E-state index in [0.29, 0.717) is 0 Å². The Labute approximate surface area is 112 Å². The van der Waals surface area contributed by atoms with Crippen LogP contribution in [-0.4, -0.2) is 46.4 Å². The van der Waals surface area contributed by atoms with Gasteiger partial charge >= 0.3 is 5.79 Å². The molecule has 2 N–H and O–H groups in total. The van der Waals surface area contributed by atoms with E-state index in [-0.39, 0.29) is 30.9 Å². The molecule has 0 saturated heterocycles. The zero-order valence-corrected chi connectivity index (χ0v) is 11.5. The predicted octanol–water partition coefficient (Wildman–Crippen LogP) is 0.633. The number of rotatable bonds is 5. The Morgan fingerprint density at radius 2 is 1.94 bits per heavy atom. The van der Waals surface area contributed by atoms with Crippen molar-refractivity contribution in [2.75, 3.05) is 6.54 Å². The average molecular weight is 279 g/mol. The number of β-amino-alcohol motifs (C(OH)–C–C–N with tert-alkyl or cyclic N) is 1. The molecule has 0 aromatic heterocycles. The molecule has 0 aromatic carbocycles. The number of aliphatic hydroxyl groups excluding tert-OH is 1. The first kappa shape index (κ1) is 16.9. The maximum absolute atomic E-state index is 10.9. The first-order valence-electron chi connectivity index (χ1n) is 5.42. The fourth-order valence-electron chi connectivity index (χ4n) is 1.43. The number of halogens is 1. The van der Waals surface area contributed by atoms with Crippen LogP contribution in [-0.2, 0) is 0 Å². The van der Waals surface area contributed by atoms with E-state index >= 15 is 0 Å². The van der Waals surface area contributed by atoms with Crippen LogP contribution in [0.3, 0.4) is 0 Å². The lowest BCUT2D eigenvalue weighted by molar-refractivity contribution is -0.568. The van der Waals surface area contributed by atoms with Gasteiger partial charge in [-0.3, -0.25) is 10.1 Å². The first-order valence-corrected chi connectivity index (χ1v) is 5.42. The van der Waals surface area contributed by atoms with Crippen molar-refractivity contribution in [2.24, 2.45) is 9.98 Å². The molecule has 1 heterocycles. The van der Waals surface area contributed by atoms with Gasteiger partial charge in [-0.2, -0.15) is 9.98 Å². The molecule has 0 aromatic rings. The Hall–Kier alpha value is -1.05. The van der Waals surface area contributed by atoms with E-state index in [0.717, 1.165) is 0 Å². The predicted molar refractivity (Wildman–Crippen MR) is 72.3 cm³/mol. The highest BCUT2D eigenvalue weighted by Gasteiger charge is 2.45. The highest BCUT2D eigenvalue weighted by Crippen LogP contribution is 2.23. The molecule has 1 rings (SSSR count). The van der Waals surface area contributed by atoms with Crippen LogP contribution in [0, 0.1) is 10.1 Å². The van der Waals surface area contributed by atoms with Crippen LogP contribution in [0.5, 0.6) is 0 Å². The molecule has 1 aliphatic rings. The number of aliphatic hydroxyl groups is 1. The SMILES string of the molecule is CC(C)(C)NCC(O)CC1([N+](=O)[O-])N=CC=N1.Cl. The number of hydrogen-bond acceptors (Lipinski definition) is 6. The molecule has 0 radical (unpaired) electrons. The normalized spacial score (nSPS) is 18.4. The van der Waals surface area contributed by atoms with E-state index in [2.05, 4.69) is 15.3 Å². The molecule has 1 unspecified atom stereocenters. The van der Waals surface area contributed by atoms with Crippen LogP contribution in [0.25, 0.3) is 0 Å². The van der Waals surface area contributed by atoms with E-state index in [1.165, 1.54) is 12.4 Å². The van der Waals surface area contributed by atoms with Gasteiger partial charge in [-0.15, -0.1) is 12.4 Å². The van der Waals surface area contributed by atoms with Crippen molar-refractivity contribution in [1.82, 2.24) is 5.32 Å². The third-order valence-corrected chi connectivity index (χ3v) is 2.30. The highest BCUT2D eigenvalue weighted by atomic mass is 35.5. The van der Waals surface area contributed by atoms with Crippen molar-refractivity contribution in [3.8, 4) is 0 Å². The smallest absolute Gasteiger partial charge is 0.391 e. The van der Waals surface area contributed by atoms with Crippen molar-refractivity contribution in [1.29, 1.82) is 0 Å². The number of hydrogen-bond donors (Lipinski definition) is 2. The zero-order chi connectivity index (χ0) is 13.1. The summed E-state index contributed by atoms with van der Waals surface area (Å²) in [6, 6.07) is 0. The molecule has 1 atom stereocenters. The molecule has 0 spiro atoms. The van der Waals surface area contributed by atoms with Gasteiger partial charge in [-0.25, -0.2) is 0 Å². The van der Waals surface area contributed by atoms with Gasteiger partial charge in [0.15, 0.2) is 0 Å². The lowest BCUT2D eigenvalue weighted by Gasteiger charge is -2.24. The summed E-state index contributed by atoms with van der Waals surface area (Å²) in [7, 11) is 0. The monoisotopic (exact) mass is 278 g/mol. The molecule has 0 aliphatic carbocycles. The highest BCUT2D eigenvalue weighted by molar-refractivity contribution is 6.17. The molecule has 104 valence electrons. The molecule has 0 saturated carbocycles. The quantitative estimate of drug-likeness (QED) is 0.569. The van der Waals surface area contributed by atoms with Gasteiger partial charge in [0, 0.05) is 24.5 Å². The maximum atomic E-state index is 10.9. The minimum atomic E-state index is -1.74.